The summed E-state index contributed by atoms with van der Waals surface area (Å²) in [5.74, 6) is 0.907. The first-order valence-electron chi connectivity index (χ1n) is 4.20. The van der Waals surface area contributed by atoms with Crippen molar-refractivity contribution in [2.24, 2.45) is 0 Å². The number of halogens is 1. The van der Waals surface area contributed by atoms with Crippen LogP contribution >= 0.6 is 23.4 Å². The Labute approximate surface area is 91.7 Å². The number of pyridine rings is 2. The van der Waals surface area contributed by atoms with Crippen LogP contribution in [0.2, 0.25) is 5.02 Å². The van der Waals surface area contributed by atoms with Gasteiger partial charge >= 0.3 is 0 Å². The zero-order chi connectivity index (χ0) is 9.97. The molecule has 0 radical (unpaired) electrons. The highest BCUT2D eigenvalue weighted by atomic mass is 35.5. The van der Waals surface area contributed by atoms with Gasteiger partial charge in [-0.25, -0.2) is 9.97 Å². The van der Waals surface area contributed by atoms with Gasteiger partial charge in [0, 0.05) is 17.3 Å². The van der Waals surface area contributed by atoms with Gasteiger partial charge in [0.1, 0.15) is 0 Å². The number of hydrogen-bond donors (Lipinski definition) is 0. The molecule has 0 aliphatic rings. The molecule has 0 spiro atoms. The minimum atomic E-state index is 0.707. The molecular formula is C10H9ClN2S. The Morgan fingerprint density at radius 3 is 3.00 bits per heavy atom. The zero-order valence-corrected chi connectivity index (χ0v) is 9.27. The molecule has 0 N–H and O–H groups in total. The van der Waals surface area contributed by atoms with Gasteiger partial charge in [-0.1, -0.05) is 11.6 Å². The van der Waals surface area contributed by atoms with Crippen molar-refractivity contribution in [3.8, 4) is 0 Å². The number of fused-ring (bicyclic) bond motifs is 1. The lowest BCUT2D eigenvalue weighted by Gasteiger charge is -2.01. The largest absolute Gasteiger partial charge is 0.237 e. The summed E-state index contributed by atoms with van der Waals surface area (Å²) in [4.78, 5) is 8.59. The molecule has 0 atom stereocenters. The highest BCUT2D eigenvalue weighted by Gasteiger charge is 2.01. The molecule has 2 aromatic heterocycles. The topological polar surface area (TPSA) is 25.8 Å². The second kappa shape index (κ2) is 4.15. The molecule has 0 bridgehead atoms. The highest BCUT2D eigenvalue weighted by Crippen LogP contribution is 2.20. The molecule has 14 heavy (non-hydrogen) atoms. The summed E-state index contributed by atoms with van der Waals surface area (Å²) in [5.41, 5.74) is 1.77. The second-order valence-electron chi connectivity index (χ2n) is 2.90. The van der Waals surface area contributed by atoms with Crippen LogP contribution in [0.15, 0.2) is 24.4 Å². The van der Waals surface area contributed by atoms with Crippen LogP contribution < -0.4 is 0 Å². The van der Waals surface area contributed by atoms with Crippen LogP contribution in [0.5, 0.6) is 0 Å². The van der Waals surface area contributed by atoms with E-state index in [9.17, 15) is 0 Å². The molecule has 2 heterocycles. The lowest BCUT2D eigenvalue weighted by atomic mass is 10.2. The summed E-state index contributed by atoms with van der Waals surface area (Å²) in [7, 11) is 0. The molecule has 0 aromatic carbocycles. The fourth-order valence-corrected chi connectivity index (χ4v) is 1.92. The number of thioether (sulfide) groups is 1. The van der Waals surface area contributed by atoms with Crippen molar-refractivity contribution in [1.82, 2.24) is 9.97 Å². The molecule has 0 aliphatic heterocycles. The predicted molar refractivity (Wildman–Crippen MR) is 61.8 cm³/mol. The molecule has 2 nitrogen and oxygen atoms in total. The summed E-state index contributed by atoms with van der Waals surface area (Å²) in [6.45, 7) is 0. The summed E-state index contributed by atoms with van der Waals surface area (Å²) in [6.07, 6.45) is 3.73. The average molecular weight is 225 g/mol. The maximum Gasteiger partial charge on any atom is 0.160 e. The lowest BCUT2D eigenvalue weighted by Crippen LogP contribution is -1.90. The summed E-state index contributed by atoms with van der Waals surface area (Å²) in [5, 5.41) is 1.62. The third-order valence-corrected chi connectivity index (χ3v) is 2.81. The predicted octanol–water partition coefficient (Wildman–Crippen LogP) is 3.15. The van der Waals surface area contributed by atoms with E-state index >= 15 is 0 Å². The van der Waals surface area contributed by atoms with Crippen molar-refractivity contribution in [2.75, 3.05) is 6.26 Å². The monoisotopic (exact) mass is 224 g/mol. The Kier molecular flexibility index (Phi) is 2.89. The van der Waals surface area contributed by atoms with Crippen LogP contribution in [0.1, 0.15) is 5.69 Å². The molecule has 0 fully saturated rings. The smallest absolute Gasteiger partial charge is 0.160 e. The van der Waals surface area contributed by atoms with E-state index in [4.69, 9.17) is 11.6 Å². The Morgan fingerprint density at radius 1 is 1.36 bits per heavy atom. The van der Waals surface area contributed by atoms with Crippen molar-refractivity contribution in [2.45, 2.75) is 5.75 Å². The fraction of sp³-hybridized carbons (Fsp3) is 0.200. The minimum Gasteiger partial charge on any atom is -0.237 e. The van der Waals surface area contributed by atoms with Crippen LogP contribution in [-0.2, 0) is 5.75 Å². The standard InChI is InChI=1S/C10H9ClN2S/c1-14-6-7-2-3-8-9(11)4-5-12-10(8)13-7/h2-5H,6H2,1H3. The fourth-order valence-electron chi connectivity index (χ4n) is 1.26. The van der Waals surface area contributed by atoms with E-state index in [-0.39, 0.29) is 0 Å². The molecule has 72 valence electrons. The molecule has 2 aromatic rings. The Bertz CT molecular complexity index is 459. The number of rotatable bonds is 2. The van der Waals surface area contributed by atoms with E-state index in [2.05, 4.69) is 16.2 Å². The molecule has 0 aliphatic carbocycles. The normalized spacial score (nSPS) is 10.7. The van der Waals surface area contributed by atoms with E-state index in [1.165, 1.54) is 0 Å². The van der Waals surface area contributed by atoms with Crippen LogP contribution in [-0.4, -0.2) is 16.2 Å². The SMILES string of the molecule is CSCc1ccc2c(Cl)ccnc2n1. The van der Waals surface area contributed by atoms with E-state index < -0.39 is 0 Å². The third-order valence-electron chi connectivity index (χ3n) is 1.90. The maximum absolute atomic E-state index is 6.00. The first kappa shape index (κ1) is 9.74. The van der Waals surface area contributed by atoms with Crippen molar-refractivity contribution in [3.63, 3.8) is 0 Å². The average Bonchev–Trinajstić information content (AvgIpc) is 2.18. The van der Waals surface area contributed by atoms with Crippen LogP contribution in [0, 0.1) is 0 Å². The van der Waals surface area contributed by atoms with Gasteiger partial charge in [0.15, 0.2) is 5.65 Å². The van der Waals surface area contributed by atoms with Crippen molar-refractivity contribution < 1.29 is 0 Å². The van der Waals surface area contributed by atoms with E-state index in [0.717, 1.165) is 22.5 Å². The summed E-state index contributed by atoms with van der Waals surface area (Å²) in [6, 6.07) is 5.75. The molecule has 0 unspecified atom stereocenters. The molecule has 2 rings (SSSR count). The van der Waals surface area contributed by atoms with Gasteiger partial charge in [0.2, 0.25) is 0 Å². The Morgan fingerprint density at radius 2 is 2.21 bits per heavy atom. The van der Waals surface area contributed by atoms with Gasteiger partial charge in [-0.2, -0.15) is 11.8 Å². The lowest BCUT2D eigenvalue weighted by molar-refractivity contribution is 1.18. The van der Waals surface area contributed by atoms with Crippen molar-refractivity contribution in [3.05, 3.63) is 35.1 Å². The summed E-state index contributed by atoms with van der Waals surface area (Å²) < 4.78 is 0. The molecule has 0 saturated heterocycles. The van der Waals surface area contributed by atoms with Gasteiger partial charge in [-0.3, -0.25) is 0 Å². The number of hydrogen-bond acceptors (Lipinski definition) is 3. The molecule has 0 saturated carbocycles. The maximum atomic E-state index is 6.00. The van der Waals surface area contributed by atoms with Crippen molar-refractivity contribution in [1.29, 1.82) is 0 Å². The molecule has 4 heteroatoms. The Balaban J connectivity index is 2.56. The van der Waals surface area contributed by atoms with E-state index in [0.29, 0.717) is 5.02 Å². The van der Waals surface area contributed by atoms with Gasteiger partial charge < -0.3 is 0 Å². The highest BCUT2D eigenvalue weighted by molar-refractivity contribution is 7.97. The van der Waals surface area contributed by atoms with Crippen LogP contribution in [0.4, 0.5) is 0 Å². The van der Waals surface area contributed by atoms with Gasteiger partial charge in [-0.05, 0) is 24.5 Å². The second-order valence-corrected chi connectivity index (χ2v) is 4.17. The van der Waals surface area contributed by atoms with E-state index in [1.807, 2.05) is 12.1 Å². The van der Waals surface area contributed by atoms with Gasteiger partial charge in [0.05, 0.1) is 10.7 Å². The first-order chi connectivity index (χ1) is 6.81. The number of aromatic nitrogens is 2. The van der Waals surface area contributed by atoms with E-state index in [1.54, 1.807) is 24.0 Å². The third kappa shape index (κ3) is 1.83. The molecule has 0 amide bonds. The molecular weight excluding hydrogens is 216 g/mol. The van der Waals surface area contributed by atoms with Crippen LogP contribution in [0.3, 0.4) is 0 Å². The zero-order valence-electron chi connectivity index (χ0n) is 7.70. The van der Waals surface area contributed by atoms with Crippen molar-refractivity contribution >= 4 is 34.4 Å². The number of nitrogens with zero attached hydrogens (tertiary/aromatic N) is 2. The summed E-state index contributed by atoms with van der Waals surface area (Å²) >= 11 is 7.75. The first-order valence-corrected chi connectivity index (χ1v) is 5.97. The Hall–Kier alpha value is -0.800. The van der Waals surface area contributed by atoms with Gasteiger partial charge in [0.25, 0.3) is 0 Å². The quantitative estimate of drug-likeness (QED) is 0.784. The van der Waals surface area contributed by atoms with Gasteiger partial charge in [-0.15, -0.1) is 0 Å². The minimum absolute atomic E-state index is 0.707. The van der Waals surface area contributed by atoms with Crippen LogP contribution in [0.25, 0.3) is 11.0 Å².